The number of guanidine groups is 1. The number of rotatable bonds is 11. The predicted octanol–water partition coefficient (Wildman–Crippen LogP) is 2.19. The Hall–Kier alpha value is -0.120. The molecule has 1 fully saturated rings. The van der Waals surface area contributed by atoms with Crippen LogP contribution in [-0.2, 0) is 9.47 Å². The minimum absolute atomic E-state index is 0. The highest BCUT2D eigenvalue weighted by atomic mass is 127. The van der Waals surface area contributed by atoms with Crippen LogP contribution in [-0.4, -0.2) is 77.6 Å². The lowest BCUT2D eigenvalue weighted by molar-refractivity contribution is 0.0698. The van der Waals surface area contributed by atoms with E-state index in [1.165, 1.54) is 32.5 Å². The molecular formula is C18H39IN4O2. The number of likely N-dealkylation sites (tertiary alicyclic amines) is 1. The van der Waals surface area contributed by atoms with Crippen LogP contribution >= 0.6 is 24.0 Å². The highest BCUT2D eigenvalue weighted by molar-refractivity contribution is 14.0. The largest absolute Gasteiger partial charge is 0.382 e. The maximum atomic E-state index is 5.46. The van der Waals surface area contributed by atoms with E-state index in [1.54, 1.807) is 7.11 Å². The van der Waals surface area contributed by atoms with Gasteiger partial charge in [0, 0.05) is 46.9 Å². The molecule has 7 heteroatoms. The first-order chi connectivity index (χ1) is 11.7. The van der Waals surface area contributed by atoms with Crippen LogP contribution in [0.2, 0.25) is 0 Å². The first-order valence-corrected chi connectivity index (χ1v) is 9.39. The van der Waals surface area contributed by atoms with Crippen molar-refractivity contribution >= 4 is 29.9 Å². The number of aliphatic imine (C=N–C) groups is 1. The Morgan fingerprint density at radius 1 is 1.24 bits per heavy atom. The molecule has 0 aromatic carbocycles. The summed E-state index contributed by atoms with van der Waals surface area (Å²) in [4.78, 5) is 6.91. The third-order valence-electron chi connectivity index (χ3n) is 4.20. The molecule has 0 spiro atoms. The number of hydrogen-bond acceptors (Lipinski definition) is 4. The standard InChI is InChI=1S/C18H38N4O2.HI/c1-16(2)14-22-9-5-7-17(15-22)13-21-18(19-3)20-8-6-10-24-12-11-23-4;/h16-17H,5-15H2,1-4H3,(H2,19,20,21);1H. The molecule has 1 aliphatic heterocycles. The quantitative estimate of drug-likeness (QED) is 0.210. The van der Waals surface area contributed by atoms with Crippen LogP contribution in [0.25, 0.3) is 0 Å². The van der Waals surface area contributed by atoms with Crippen LogP contribution in [0.3, 0.4) is 0 Å². The number of hydrogen-bond donors (Lipinski definition) is 2. The monoisotopic (exact) mass is 470 g/mol. The van der Waals surface area contributed by atoms with Crippen LogP contribution in [0, 0.1) is 11.8 Å². The lowest BCUT2D eigenvalue weighted by atomic mass is 9.97. The van der Waals surface area contributed by atoms with E-state index in [-0.39, 0.29) is 24.0 Å². The zero-order chi connectivity index (χ0) is 17.6. The Kier molecular flexibility index (Phi) is 16.0. The number of nitrogens with zero attached hydrogens (tertiary/aromatic N) is 2. The van der Waals surface area contributed by atoms with Gasteiger partial charge in [-0.25, -0.2) is 0 Å². The zero-order valence-electron chi connectivity index (χ0n) is 16.6. The van der Waals surface area contributed by atoms with Gasteiger partial charge in [-0.05, 0) is 37.6 Å². The molecule has 1 saturated heterocycles. The topological polar surface area (TPSA) is 58.1 Å². The summed E-state index contributed by atoms with van der Waals surface area (Å²) in [7, 11) is 3.52. The van der Waals surface area contributed by atoms with Crippen molar-refractivity contribution in [3.63, 3.8) is 0 Å². The van der Waals surface area contributed by atoms with Gasteiger partial charge < -0.3 is 25.0 Å². The van der Waals surface area contributed by atoms with Crippen molar-refractivity contribution in [3.05, 3.63) is 0 Å². The van der Waals surface area contributed by atoms with Crippen molar-refractivity contribution in [2.75, 3.05) is 66.7 Å². The van der Waals surface area contributed by atoms with Gasteiger partial charge in [0.1, 0.15) is 0 Å². The normalized spacial score (nSPS) is 18.9. The van der Waals surface area contributed by atoms with Gasteiger partial charge >= 0.3 is 0 Å². The molecule has 0 radical (unpaired) electrons. The number of methoxy groups -OCH3 is 1. The summed E-state index contributed by atoms with van der Waals surface area (Å²) in [5.74, 6) is 2.36. The van der Waals surface area contributed by atoms with Gasteiger partial charge in [-0.2, -0.15) is 0 Å². The van der Waals surface area contributed by atoms with Crippen molar-refractivity contribution in [2.24, 2.45) is 16.8 Å². The molecule has 25 heavy (non-hydrogen) atoms. The lowest BCUT2D eigenvalue weighted by Crippen LogP contribution is -2.45. The Morgan fingerprint density at radius 2 is 2.04 bits per heavy atom. The summed E-state index contributed by atoms with van der Waals surface area (Å²) in [5, 5.41) is 6.83. The molecule has 6 nitrogen and oxygen atoms in total. The van der Waals surface area contributed by atoms with Gasteiger partial charge in [-0.15, -0.1) is 24.0 Å². The zero-order valence-corrected chi connectivity index (χ0v) is 18.9. The number of halogens is 1. The van der Waals surface area contributed by atoms with E-state index < -0.39 is 0 Å². The van der Waals surface area contributed by atoms with Gasteiger partial charge in [0.25, 0.3) is 0 Å². The molecule has 0 bridgehead atoms. The van der Waals surface area contributed by atoms with E-state index in [1.807, 2.05) is 7.05 Å². The van der Waals surface area contributed by atoms with Crippen LogP contribution in [0.4, 0.5) is 0 Å². The molecule has 2 N–H and O–H groups in total. The van der Waals surface area contributed by atoms with E-state index in [2.05, 4.69) is 34.4 Å². The fraction of sp³-hybridized carbons (Fsp3) is 0.944. The minimum atomic E-state index is 0. The van der Waals surface area contributed by atoms with Gasteiger partial charge in [0.05, 0.1) is 13.2 Å². The highest BCUT2D eigenvalue weighted by Crippen LogP contribution is 2.16. The maximum absolute atomic E-state index is 5.46. The number of ether oxygens (including phenoxy) is 2. The Bertz CT molecular complexity index is 343. The fourth-order valence-electron chi connectivity index (χ4n) is 3.09. The molecule has 0 saturated carbocycles. The molecule has 0 aromatic rings. The van der Waals surface area contributed by atoms with Gasteiger partial charge in [-0.1, -0.05) is 13.8 Å². The first-order valence-electron chi connectivity index (χ1n) is 9.39. The van der Waals surface area contributed by atoms with Crippen molar-refractivity contribution in [3.8, 4) is 0 Å². The summed E-state index contributed by atoms with van der Waals surface area (Å²) in [6, 6.07) is 0. The number of piperidine rings is 1. The van der Waals surface area contributed by atoms with Crippen LogP contribution in [0.5, 0.6) is 0 Å². The summed E-state index contributed by atoms with van der Waals surface area (Å²) in [6.07, 6.45) is 3.59. The smallest absolute Gasteiger partial charge is 0.190 e. The maximum Gasteiger partial charge on any atom is 0.190 e. The van der Waals surface area contributed by atoms with E-state index in [0.29, 0.717) is 19.1 Å². The Labute approximate surface area is 171 Å². The molecule has 0 aliphatic carbocycles. The second-order valence-corrected chi connectivity index (χ2v) is 7.00. The van der Waals surface area contributed by atoms with Crippen molar-refractivity contribution in [1.29, 1.82) is 0 Å². The molecule has 1 atom stereocenters. The third kappa shape index (κ3) is 12.8. The van der Waals surface area contributed by atoms with Gasteiger partial charge in [0.15, 0.2) is 5.96 Å². The molecule has 150 valence electrons. The average molecular weight is 470 g/mol. The second-order valence-electron chi connectivity index (χ2n) is 7.00. The minimum Gasteiger partial charge on any atom is -0.382 e. The third-order valence-corrected chi connectivity index (χ3v) is 4.20. The van der Waals surface area contributed by atoms with E-state index >= 15 is 0 Å². The average Bonchev–Trinajstić information content (AvgIpc) is 2.56. The van der Waals surface area contributed by atoms with Crippen LogP contribution < -0.4 is 10.6 Å². The highest BCUT2D eigenvalue weighted by Gasteiger charge is 2.20. The summed E-state index contributed by atoms with van der Waals surface area (Å²) in [6.45, 7) is 12.2. The molecule has 1 heterocycles. The van der Waals surface area contributed by atoms with E-state index in [4.69, 9.17) is 9.47 Å². The Morgan fingerprint density at radius 3 is 2.72 bits per heavy atom. The summed E-state index contributed by atoms with van der Waals surface area (Å²) < 4.78 is 10.4. The molecular weight excluding hydrogens is 431 g/mol. The fourth-order valence-corrected chi connectivity index (χ4v) is 3.09. The number of nitrogens with one attached hydrogen (secondary N) is 2. The molecule has 0 amide bonds. The molecule has 1 rings (SSSR count). The Balaban J connectivity index is 0.00000576. The van der Waals surface area contributed by atoms with Crippen LogP contribution in [0.15, 0.2) is 4.99 Å². The van der Waals surface area contributed by atoms with Crippen molar-refractivity contribution in [2.45, 2.75) is 33.1 Å². The predicted molar refractivity (Wildman–Crippen MR) is 116 cm³/mol. The molecule has 1 aliphatic rings. The molecule has 1 unspecified atom stereocenters. The van der Waals surface area contributed by atoms with Crippen LogP contribution in [0.1, 0.15) is 33.1 Å². The molecule has 0 aromatic heterocycles. The summed E-state index contributed by atoms with van der Waals surface area (Å²) in [5.41, 5.74) is 0. The van der Waals surface area contributed by atoms with E-state index in [9.17, 15) is 0 Å². The van der Waals surface area contributed by atoms with Gasteiger partial charge in [0.2, 0.25) is 0 Å². The summed E-state index contributed by atoms with van der Waals surface area (Å²) >= 11 is 0. The van der Waals surface area contributed by atoms with Gasteiger partial charge in [-0.3, -0.25) is 4.99 Å². The second kappa shape index (κ2) is 16.1. The van der Waals surface area contributed by atoms with E-state index in [0.717, 1.165) is 38.0 Å². The van der Waals surface area contributed by atoms with Crippen molar-refractivity contribution < 1.29 is 9.47 Å². The van der Waals surface area contributed by atoms with Crippen molar-refractivity contribution in [1.82, 2.24) is 15.5 Å². The SMILES string of the molecule is CN=C(NCCCOCCOC)NCC1CCCN(CC(C)C)C1.I. The lowest BCUT2D eigenvalue weighted by Gasteiger charge is -2.34. The first kappa shape index (κ1) is 24.9.